The van der Waals surface area contributed by atoms with E-state index < -0.39 is 132 Å². The highest BCUT2D eigenvalue weighted by Crippen LogP contribution is 2.19. The SMILES string of the molecule is CCC(C)C1NC(=O)C(CC(C)C)NC(=O)C(CC(=O)O)NC(=O)C(C(C)C)NC(=O)C(CC(C)C)NC(=O)C(CC(C)C)NC(=O)C(CCC(N)=O)NC(=O)CC(CCCCCCCC(C)C)OC1=O. The van der Waals surface area contributed by atoms with E-state index in [0.717, 1.165) is 32.1 Å². The number of hydrogen-bond donors (Lipinski definition) is 9. The molecule has 1 aliphatic rings. The Morgan fingerprint density at radius 3 is 1.44 bits per heavy atom. The number of cyclic esters (lactones) is 1. The Morgan fingerprint density at radius 1 is 0.549 bits per heavy atom. The minimum absolute atomic E-state index is 0.0453. The fraction of sp³-hybridized carbons (Fsp3) is 0.804. The summed E-state index contributed by atoms with van der Waals surface area (Å²) in [6, 6.07) is -9.49. The number of carbonyl (C=O) groups is 10. The Balaban J connectivity index is 4.01. The highest BCUT2D eigenvalue weighted by molar-refractivity contribution is 5.98. The summed E-state index contributed by atoms with van der Waals surface area (Å²) < 4.78 is 6.06. The lowest BCUT2D eigenvalue weighted by atomic mass is 9.97. The molecule has 20 heteroatoms. The van der Waals surface area contributed by atoms with Gasteiger partial charge in [0, 0.05) is 6.42 Å². The van der Waals surface area contributed by atoms with E-state index in [1.54, 1.807) is 41.5 Å². The van der Waals surface area contributed by atoms with Crippen LogP contribution < -0.4 is 43.0 Å². The van der Waals surface area contributed by atoms with Crippen molar-refractivity contribution in [2.24, 2.45) is 41.2 Å². The molecule has 1 saturated heterocycles. The molecule has 9 unspecified atom stereocenters. The topological polar surface area (TPSA) is 310 Å². The monoisotopic (exact) mass is 1010 g/mol. The van der Waals surface area contributed by atoms with E-state index in [0.29, 0.717) is 18.8 Å². The summed E-state index contributed by atoms with van der Waals surface area (Å²) >= 11 is 0. The average Bonchev–Trinajstić information content (AvgIpc) is 3.25. The highest BCUT2D eigenvalue weighted by Gasteiger charge is 2.38. The van der Waals surface area contributed by atoms with Gasteiger partial charge in [0.2, 0.25) is 47.3 Å². The summed E-state index contributed by atoms with van der Waals surface area (Å²) in [6.07, 6.45) is 3.44. The van der Waals surface area contributed by atoms with Crippen LogP contribution in [-0.2, 0) is 52.7 Å². The summed E-state index contributed by atoms with van der Waals surface area (Å²) in [4.78, 5) is 137. The number of carbonyl (C=O) groups excluding carboxylic acids is 9. The second-order valence-corrected chi connectivity index (χ2v) is 21.5. The van der Waals surface area contributed by atoms with Gasteiger partial charge in [-0.2, -0.15) is 0 Å². The molecule has 406 valence electrons. The van der Waals surface area contributed by atoms with Crippen LogP contribution in [0.25, 0.3) is 0 Å². The first-order valence-corrected chi connectivity index (χ1v) is 26.0. The average molecular weight is 1010 g/mol. The van der Waals surface area contributed by atoms with E-state index in [-0.39, 0.29) is 56.3 Å². The molecule has 0 aromatic heterocycles. The van der Waals surface area contributed by atoms with E-state index in [1.807, 2.05) is 27.7 Å². The Bertz CT molecular complexity index is 1770. The van der Waals surface area contributed by atoms with Crippen molar-refractivity contribution in [3.05, 3.63) is 0 Å². The molecule has 0 aliphatic carbocycles. The molecule has 71 heavy (non-hydrogen) atoms. The summed E-state index contributed by atoms with van der Waals surface area (Å²) in [5.74, 6) is -9.85. The maximum atomic E-state index is 14.2. The molecule has 1 heterocycles. The lowest BCUT2D eigenvalue weighted by Crippen LogP contribution is -2.61. The number of aliphatic carboxylic acids is 1. The van der Waals surface area contributed by atoms with E-state index in [4.69, 9.17) is 10.5 Å². The molecule has 0 aromatic carbocycles. The van der Waals surface area contributed by atoms with Crippen LogP contribution in [0.3, 0.4) is 0 Å². The molecule has 0 radical (unpaired) electrons. The second-order valence-electron chi connectivity index (χ2n) is 21.5. The zero-order chi connectivity index (χ0) is 54.1. The standard InChI is InChI=1S/C51H90N8O12/c1-13-33(12)44-51(70)71-34(20-18-16-14-15-17-19-28(2)3)26-41(61)53-35(21-22-40(52)60)45(64)54-36(23-29(4)5)46(65)55-37(24-30(6)7)48(67)58-43(32(10)11)50(69)57-39(27-42(62)63)47(66)56-38(25-31(8)9)49(68)59-44/h28-39,43-44H,13-27H2,1-12H3,(H2,52,60)(H,53,61)(H,54,64)(H,55,65)(H,56,66)(H,57,69)(H,58,67)(H,59,68)(H,62,63). The van der Waals surface area contributed by atoms with E-state index >= 15 is 0 Å². The fourth-order valence-corrected chi connectivity index (χ4v) is 8.19. The number of unbranched alkanes of at least 4 members (excludes halogenated alkanes) is 4. The smallest absolute Gasteiger partial charge is 0.329 e. The first-order valence-electron chi connectivity index (χ1n) is 26.0. The third kappa shape index (κ3) is 25.6. The molecule has 9 atom stereocenters. The molecule has 0 saturated carbocycles. The number of hydrogen-bond acceptors (Lipinski definition) is 11. The van der Waals surface area contributed by atoms with E-state index in [9.17, 15) is 53.1 Å². The minimum atomic E-state index is -1.72. The van der Waals surface area contributed by atoms with Gasteiger partial charge in [-0.3, -0.25) is 43.2 Å². The van der Waals surface area contributed by atoms with Gasteiger partial charge in [-0.15, -0.1) is 0 Å². The zero-order valence-electron chi connectivity index (χ0n) is 44.7. The fourth-order valence-electron chi connectivity index (χ4n) is 8.19. The molecule has 20 nitrogen and oxygen atoms in total. The first-order chi connectivity index (χ1) is 33.1. The number of amides is 8. The Hall–Kier alpha value is -5.30. The summed E-state index contributed by atoms with van der Waals surface area (Å²) in [6.45, 7) is 21.9. The summed E-state index contributed by atoms with van der Waals surface area (Å²) in [7, 11) is 0. The predicted octanol–water partition coefficient (Wildman–Crippen LogP) is 3.66. The van der Waals surface area contributed by atoms with Crippen LogP contribution in [0, 0.1) is 35.5 Å². The molecule has 1 aliphatic heterocycles. The molecule has 8 amide bonds. The lowest BCUT2D eigenvalue weighted by Gasteiger charge is -2.30. The largest absolute Gasteiger partial charge is 0.481 e. The third-order valence-corrected chi connectivity index (χ3v) is 12.4. The van der Waals surface area contributed by atoms with Crippen molar-refractivity contribution in [2.75, 3.05) is 0 Å². The molecule has 1 rings (SSSR count). The van der Waals surface area contributed by atoms with Crippen LogP contribution in [0.4, 0.5) is 0 Å². The number of primary amides is 1. The highest BCUT2D eigenvalue weighted by atomic mass is 16.5. The number of carboxylic acid groups (broad SMARTS) is 1. The molecule has 10 N–H and O–H groups in total. The van der Waals surface area contributed by atoms with Crippen molar-refractivity contribution in [1.82, 2.24) is 37.2 Å². The zero-order valence-corrected chi connectivity index (χ0v) is 44.7. The van der Waals surface area contributed by atoms with Gasteiger partial charge in [-0.25, -0.2) is 4.79 Å². The van der Waals surface area contributed by atoms with Crippen molar-refractivity contribution < 1.29 is 57.8 Å². The van der Waals surface area contributed by atoms with Crippen LogP contribution in [0.1, 0.15) is 179 Å². The molecular formula is C51H90N8O12. The quantitative estimate of drug-likeness (QED) is 0.0555. The second kappa shape index (κ2) is 32.6. The van der Waals surface area contributed by atoms with Crippen molar-refractivity contribution in [2.45, 2.75) is 228 Å². The van der Waals surface area contributed by atoms with Crippen LogP contribution in [-0.4, -0.2) is 113 Å². The Kier molecular flexibility index (Phi) is 29.3. The van der Waals surface area contributed by atoms with Gasteiger partial charge in [0.15, 0.2) is 0 Å². The number of rotatable bonds is 22. The molecule has 1 fully saturated rings. The number of nitrogens with one attached hydrogen (secondary N) is 7. The van der Waals surface area contributed by atoms with Crippen LogP contribution in [0.5, 0.6) is 0 Å². The normalized spacial score (nSPS) is 24.7. The van der Waals surface area contributed by atoms with Gasteiger partial charge >= 0.3 is 11.9 Å². The number of carboxylic acids is 1. The number of esters is 1. The number of nitrogens with two attached hydrogens (primary N) is 1. The van der Waals surface area contributed by atoms with Crippen LogP contribution >= 0.6 is 0 Å². The maximum Gasteiger partial charge on any atom is 0.329 e. The van der Waals surface area contributed by atoms with Gasteiger partial charge in [0.25, 0.3) is 0 Å². The van der Waals surface area contributed by atoms with Gasteiger partial charge < -0.3 is 52.8 Å². The molecule has 0 aromatic rings. The molecule has 0 spiro atoms. The van der Waals surface area contributed by atoms with Gasteiger partial charge in [0.1, 0.15) is 48.4 Å². The van der Waals surface area contributed by atoms with E-state index in [1.165, 1.54) is 0 Å². The van der Waals surface area contributed by atoms with Crippen LogP contribution in [0.2, 0.25) is 0 Å². The van der Waals surface area contributed by atoms with Gasteiger partial charge in [-0.1, -0.05) is 122 Å². The molecule has 0 bridgehead atoms. The lowest BCUT2D eigenvalue weighted by molar-refractivity contribution is -0.156. The minimum Gasteiger partial charge on any atom is -0.481 e. The first kappa shape index (κ1) is 63.7. The third-order valence-electron chi connectivity index (χ3n) is 12.4. The Labute approximate surface area is 422 Å². The van der Waals surface area contributed by atoms with Crippen molar-refractivity contribution in [1.29, 1.82) is 0 Å². The molecular weight excluding hydrogens is 917 g/mol. The van der Waals surface area contributed by atoms with Crippen molar-refractivity contribution >= 4 is 59.2 Å². The van der Waals surface area contributed by atoms with Gasteiger partial charge in [0.05, 0.1) is 12.8 Å². The summed E-state index contributed by atoms with van der Waals surface area (Å²) in [5, 5.41) is 28.4. The van der Waals surface area contributed by atoms with Crippen molar-refractivity contribution in [3.8, 4) is 0 Å². The van der Waals surface area contributed by atoms with E-state index in [2.05, 4.69) is 51.1 Å². The summed E-state index contributed by atoms with van der Waals surface area (Å²) in [5.41, 5.74) is 5.48. The number of ether oxygens (including phenoxy) is 1. The maximum absolute atomic E-state index is 14.2. The predicted molar refractivity (Wildman–Crippen MR) is 269 cm³/mol. The van der Waals surface area contributed by atoms with Crippen LogP contribution in [0.15, 0.2) is 0 Å². The Morgan fingerprint density at radius 2 is 0.986 bits per heavy atom. The van der Waals surface area contributed by atoms with Gasteiger partial charge in [-0.05, 0) is 74.0 Å². The van der Waals surface area contributed by atoms with Crippen molar-refractivity contribution in [3.63, 3.8) is 0 Å².